The van der Waals surface area contributed by atoms with Crippen LogP contribution in [0.15, 0.2) is 29.8 Å². The Hall–Kier alpha value is -2.88. The predicted molar refractivity (Wildman–Crippen MR) is 83.3 cm³/mol. The van der Waals surface area contributed by atoms with Gasteiger partial charge in [0.2, 0.25) is 5.82 Å². The summed E-state index contributed by atoms with van der Waals surface area (Å²) in [7, 11) is 0.978. The third-order valence-corrected chi connectivity index (χ3v) is 4.13. The monoisotopic (exact) mass is 368 g/mol. The number of hydrogen-bond acceptors (Lipinski definition) is 5. The molecule has 6 nitrogen and oxygen atoms in total. The predicted octanol–water partition coefficient (Wildman–Crippen LogP) is 2.68. The summed E-state index contributed by atoms with van der Waals surface area (Å²) in [5.74, 6) is -6.03. The van der Waals surface area contributed by atoms with Gasteiger partial charge in [-0.15, -0.1) is 16.4 Å². The molecular weight excluding hydrogens is 357 g/mol. The van der Waals surface area contributed by atoms with Crippen LogP contribution in [0.1, 0.15) is 16.1 Å². The zero-order valence-electron chi connectivity index (χ0n) is 12.8. The molecule has 0 atom stereocenters. The molecule has 1 aromatic carbocycles. The highest BCUT2D eigenvalue weighted by molar-refractivity contribution is 7.12. The molecule has 0 saturated heterocycles. The van der Waals surface area contributed by atoms with Gasteiger partial charge in [-0.1, -0.05) is 5.21 Å². The van der Waals surface area contributed by atoms with Gasteiger partial charge in [0, 0.05) is 0 Å². The molecule has 1 N–H and O–H groups in total. The van der Waals surface area contributed by atoms with Crippen molar-refractivity contribution in [2.45, 2.75) is 6.54 Å². The zero-order valence-corrected chi connectivity index (χ0v) is 13.6. The second-order valence-electron chi connectivity index (χ2n) is 4.86. The van der Waals surface area contributed by atoms with E-state index in [1.54, 1.807) is 6.20 Å². The molecule has 0 fully saturated rings. The molecule has 0 bridgehead atoms. The van der Waals surface area contributed by atoms with E-state index in [-0.39, 0.29) is 6.54 Å². The lowest BCUT2D eigenvalue weighted by Crippen LogP contribution is -2.24. The molecule has 10 heteroatoms. The van der Waals surface area contributed by atoms with Crippen molar-refractivity contribution in [3.8, 4) is 10.8 Å². The first-order chi connectivity index (χ1) is 12.0. The molecule has 2 aromatic heterocycles. The van der Waals surface area contributed by atoms with E-state index in [2.05, 4.69) is 20.4 Å². The van der Waals surface area contributed by atoms with Crippen molar-refractivity contribution in [1.82, 2.24) is 20.3 Å². The van der Waals surface area contributed by atoms with Crippen molar-refractivity contribution < 1.29 is 22.7 Å². The summed E-state index contributed by atoms with van der Waals surface area (Å²) in [6.07, 6.45) is 1.59. The largest absolute Gasteiger partial charge is 0.491 e. The molecular formula is C15H11F3N4O2S. The van der Waals surface area contributed by atoms with Gasteiger partial charge in [-0.05, 0) is 23.6 Å². The molecule has 0 radical (unpaired) electrons. The fourth-order valence-electron chi connectivity index (χ4n) is 2.08. The van der Waals surface area contributed by atoms with Gasteiger partial charge >= 0.3 is 0 Å². The van der Waals surface area contributed by atoms with Crippen molar-refractivity contribution in [3.63, 3.8) is 0 Å². The van der Waals surface area contributed by atoms with E-state index >= 15 is 0 Å². The third-order valence-electron chi connectivity index (χ3n) is 3.27. The number of ether oxygens (including phenoxy) is 1. The quantitative estimate of drug-likeness (QED) is 0.703. The van der Waals surface area contributed by atoms with Crippen LogP contribution in [0, 0.1) is 17.5 Å². The van der Waals surface area contributed by atoms with E-state index in [1.165, 1.54) is 16.0 Å². The summed E-state index contributed by atoms with van der Waals surface area (Å²) in [4.78, 5) is 12.1. The minimum atomic E-state index is -1.49. The number of nitrogens with one attached hydrogen (secondary N) is 1. The van der Waals surface area contributed by atoms with Crippen molar-refractivity contribution >= 4 is 17.2 Å². The number of benzene rings is 1. The number of amides is 1. The van der Waals surface area contributed by atoms with Crippen molar-refractivity contribution in [1.29, 1.82) is 0 Å². The average molecular weight is 368 g/mol. The van der Waals surface area contributed by atoms with E-state index in [1.807, 2.05) is 17.5 Å². The first-order valence-electron chi connectivity index (χ1n) is 6.96. The molecule has 0 unspecified atom stereocenters. The fraction of sp³-hybridized carbons (Fsp3) is 0.133. The first kappa shape index (κ1) is 17.0. The van der Waals surface area contributed by atoms with Gasteiger partial charge < -0.3 is 10.1 Å². The average Bonchev–Trinajstić information content (AvgIpc) is 3.27. The molecule has 1 amide bonds. The van der Waals surface area contributed by atoms with Crippen molar-refractivity contribution in [3.05, 3.63) is 58.5 Å². The minimum Gasteiger partial charge on any atom is -0.491 e. The van der Waals surface area contributed by atoms with E-state index in [9.17, 15) is 18.0 Å². The van der Waals surface area contributed by atoms with Crippen LogP contribution in [-0.4, -0.2) is 28.0 Å². The van der Waals surface area contributed by atoms with Crippen LogP contribution in [0.2, 0.25) is 0 Å². The molecule has 0 spiro atoms. The van der Waals surface area contributed by atoms with E-state index in [0.717, 1.165) is 12.1 Å². The Morgan fingerprint density at radius 3 is 2.84 bits per heavy atom. The second-order valence-corrected chi connectivity index (χ2v) is 5.78. The highest BCUT2D eigenvalue weighted by Gasteiger charge is 2.23. The number of methoxy groups -OCH3 is 1. The van der Waals surface area contributed by atoms with Crippen molar-refractivity contribution in [2.75, 3.05) is 7.11 Å². The number of nitrogens with zero attached hydrogens (tertiary/aromatic N) is 3. The second kappa shape index (κ2) is 6.93. The van der Waals surface area contributed by atoms with Crippen LogP contribution in [0.5, 0.6) is 5.75 Å². The van der Waals surface area contributed by atoms with Gasteiger partial charge in [0.25, 0.3) is 5.91 Å². The lowest BCUT2D eigenvalue weighted by Gasteiger charge is -2.09. The highest BCUT2D eigenvalue weighted by Crippen LogP contribution is 2.26. The van der Waals surface area contributed by atoms with Gasteiger partial charge in [-0.3, -0.25) is 4.79 Å². The van der Waals surface area contributed by atoms with Crippen LogP contribution in [0.25, 0.3) is 5.00 Å². The number of carbonyl (C=O) groups is 1. The molecule has 2 heterocycles. The molecule has 0 aliphatic carbocycles. The standard InChI is InChI=1S/C15H11F3N4O2S/c1-24-14-12(17)9(5-10(16)13(14)18)15(23)19-6-8-7-22(21-20-8)11-3-2-4-25-11/h2-5,7H,6H2,1H3,(H,19,23). The van der Waals surface area contributed by atoms with Crippen molar-refractivity contribution in [2.24, 2.45) is 0 Å². The summed E-state index contributed by atoms with van der Waals surface area (Å²) >= 11 is 1.45. The zero-order chi connectivity index (χ0) is 18.0. The summed E-state index contributed by atoms with van der Waals surface area (Å²) in [6.45, 7) is -0.0645. The third kappa shape index (κ3) is 3.33. The SMILES string of the molecule is COc1c(F)c(F)cc(C(=O)NCc2cn(-c3cccs3)nn2)c1F. The Bertz CT molecular complexity index is 912. The van der Waals surface area contributed by atoms with Gasteiger partial charge in [0.1, 0.15) is 10.7 Å². The summed E-state index contributed by atoms with van der Waals surface area (Å²) in [5, 5.41) is 12.9. The van der Waals surface area contributed by atoms with Crippen LogP contribution in [-0.2, 0) is 6.54 Å². The van der Waals surface area contributed by atoms with Gasteiger partial charge in [-0.2, -0.15) is 4.39 Å². The fourth-order valence-corrected chi connectivity index (χ4v) is 2.73. The Kier molecular flexibility index (Phi) is 4.70. The highest BCUT2D eigenvalue weighted by atomic mass is 32.1. The summed E-state index contributed by atoms with van der Waals surface area (Å²) in [5.41, 5.74) is -0.252. The normalized spacial score (nSPS) is 10.7. The van der Waals surface area contributed by atoms with Crippen LogP contribution in [0.4, 0.5) is 13.2 Å². The Labute approximate surface area is 143 Å². The minimum absolute atomic E-state index is 0.0645. The van der Waals surface area contributed by atoms with E-state index in [0.29, 0.717) is 11.8 Å². The Morgan fingerprint density at radius 1 is 1.36 bits per heavy atom. The first-order valence-corrected chi connectivity index (χ1v) is 7.84. The lowest BCUT2D eigenvalue weighted by molar-refractivity contribution is 0.0944. The van der Waals surface area contributed by atoms with E-state index in [4.69, 9.17) is 0 Å². The topological polar surface area (TPSA) is 69.0 Å². The number of thiophene rings is 1. The maximum Gasteiger partial charge on any atom is 0.254 e. The Balaban J connectivity index is 1.74. The number of rotatable bonds is 5. The van der Waals surface area contributed by atoms with Gasteiger partial charge in [-0.25, -0.2) is 13.5 Å². The molecule has 3 aromatic rings. The van der Waals surface area contributed by atoms with Crippen LogP contribution >= 0.6 is 11.3 Å². The summed E-state index contributed by atoms with van der Waals surface area (Å²) < 4.78 is 46.9. The molecule has 130 valence electrons. The number of halogens is 3. The molecule has 3 rings (SSSR count). The molecule has 0 saturated carbocycles. The summed E-state index contributed by atoms with van der Waals surface area (Å²) in [6, 6.07) is 4.16. The lowest BCUT2D eigenvalue weighted by atomic mass is 10.1. The van der Waals surface area contributed by atoms with Crippen LogP contribution < -0.4 is 10.1 Å². The molecule has 0 aliphatic rings. The maximum absolute atomic E-state index is 14.1. The molecule has 25 heavy (non-hydrogen) atoms. The smallest absolute Gasteiger partial charge is 0.254 e. The van der Waals surface area contributed by atoms with Crippen LogP contribution in [0.3, 0.4) is 0 Å². The maximum atomic E-state index is 14.1. The Morgan fingerprint density at radius 2 is 2.16 bits per heavy atom. The molecule has 0 aliphatic heterocycles. The number of carbonyl (C=O) groups excluding carboxylic acids is 1. The van der Waals surface area contributed by atoms with Gasteiger partial charge in [0.15, 0.2) is 17.4 Å². The number of aromatic nitrogens is 3. The van der Waals surface area contributed by atoms with Gasteiger partial charge in [0.05, 0.1) is 25.4 Å². The van der Waals surface area contributed by atoms with E-state index < -0.39 is 34.7 Å². The number of hydrogen-bond donors (Lipinski definition) is 1.